The van der Waals surface area contributed by atoms with Gasteiger partial charge in [0.2, 0.25) is 0 Å². The quantitative estimate of drug-likeness (QED) is 0.185. The van der Waals surface area contributed by atoms with Gasteiger partial charge in [0.25, 0.3) is 0 Å². The van der Waals surface area contributed by atoms with E-state index in [0.29, 0.717) is 5.56 Å². The predicted molar refractivity (Wildman–Crippen MR) is 218 cm³/mol. The van der Waals surface area contributed by atoms with Crippen molar-refractivity contribution in [2.75, 3.05) is 0 Å². The number of rotatable bonds is 3. The molecule has 6 nitrogen and oxygen atoms in total. The van der Waals surface area contributed by atoms with Crippen molar-refractivity contribution in [3.8, 4) is 28.7 Å². The largest absolute Gasteiger partial charge is 0.455 e. The molecule has 0 N–H and O–H groups in total. The Hall–Kier alpha value is -7.62. The van der Waals surface area contributed by atoms with E-state index in [4.69, 9.17) is 13.8 Å². The van der Waals surface area contributed by atoms with Gasteiger partial charge in [-0.05, 0) is 72.3 Å². The van der Waals surface area contributed by atoms with Crippen molar-refractivity contribution >= 4 is 87.5 Å². The summed E-state index contributed by atoms with van der Waals surface area (Å²) in [5, 5.41) is 18.6. The fourth-order valence-corrected chi connectivity index (χ4v) is 8.76. The van der Waals surface area contributed by atoms with Crippen molar-refractivity contribution in [3.05, 3.63) is 163 Å². The fraction of sp³-hybridized carbons (Fsp3) is 0. The van der Waals surface area contributed by atoms with Crippen molar-refractivity contribution in [3.63, 3.8) is 0 Å². The standard InChI is InChI=1S/C48H26N4O2/c49-27-28-10-9-11-29(26-28)30-24-25-50-48(52-38-17-6-2-15-36(38)44-40(52)23-21-34-32-13-4-8-19-42(32)54-47(34)44)45(30)51-37-16-5-1-14-35(37)43-39(51)22-20-33-31-12-3-7-18-41(31)53-46(33)43/h1-26H. The third-order valence-corrected chi connectivity index (χ3v) is 11.0. The summed E-state index contributed by atoms with van der Waals surface area (Å²) in [6.07, 6.45) is 1.87. The van der Waals surface area contributed by atoms with E-state index in [9.17, 15) is 5.26 Å². The minimum absolute atomic E-state index is 0.590. The molecule has 0 aliphatic rings. The molecule has 54 heavy (non-hydrogen) atoms. The van der Waals surface area contributed by atoms with Crippen LogP contribution >= 0.6 is 0 Å². The Balaban J connectivity index is 1.28. The Bertz CT molecular complexity index is 3590. The lowest BCUT2D eigenvalue weighted by molar-refractivity contribution is 0.672. The Morgan fingerprint density at radius 3 is 1.67 bits per heavy atom. The van der Waals surface area contributed by atoms with E-state index in [0.717, 1.165) is 110 Å². The minimum Gasteiger partial charge on any atom is -0.455 e. The monoisotopic (exact) mass is 690 g/mol. The van der Waals surface area contributed by atoms with Crippen LogP contribution in [0.2, 0.25) is 0 Å². The molecule has 5 heterocycles. The predicted octanol–water partition coefficient (Wildman–Crippen LogP) is 12.6. The Morgan fingerprint density at radius 2 is 1.04 bits per heavy atom. The van der Waals surface area contributed by atoms with E-state index >= 15 is 0 Å². The van der Waals surface area contributed by atoms with Gasteiger partial charge < -0.3 is 13.4 Å². The molecular weight excluding hydrogens is 665 g/mol. The molecule has 12 aromatic rings. The second-order valence-corrected chi connectivity index (χ2v) is 13.8. The average molecular weight is 691 g/mol. The maximum absolute atomic E-state index is 9.99. The minimum atomic E-state index is 0.590. The molecule has 0 aliphatic heterocycles. The molecule has 6 heteroatoms. The number of furan rings is 2. The highest BCUT2D eigenvalue weighted by molar-refractivity contribution is 6.25. The first-order valence-electron chi connectivity index (χ1n) is 17.9. The van der Waals surface area contributed by atoms with Crippen LogP contribution in [0.5, 0.6) is 0 Å². The number of hydrogen-bond donors (Lipinski definition) is 0. The lowest BCUT2D eigenvalue weighted by atomic mass is 10.0. The molecule has 5 aromatic heterocycles. The third kappa shape index (κ3) is 3.79. The van der Waals surface area contributed by atoms with E-state index in [2.05, 4.69) is 124 Å². The summed E-state index contributed by atoms with van der Waals surface area (Å²) < 4.78 is 17.9. The maximum atomic E-state index is 9.99. The molecular formula is C48H26N4O2. The Morgan fingerprint density at radius 1 is 0.481 bits per heavy atom. The van der Waals surface area contributed by atoms with E-state index in [-0.39, 0.29) is 0 Å². The van der Waals surface area contributed by atoms with Gasteiger partial charge in [-0.1, -0.05) is 84.9 Å². The molecule has 0 saturated heterocycles. The lowest BCUT2D eigenvalue weighted by Gasteiger charge is -2.19. The number of para-hydroxylation sites is 4. The third-order valence-electron chi connectivity index (χ3n) is 11.0. The summed E-state index contributed by atoms with van der Waals surface area (Å²) in [6, 6.07) is 54.4. The van der Waals surface area contributed by atoms with E-state index in [1.54, 1.807) is 0 Å². The lowest BCUT2D eigenvalue weighted by Crippen LogP contribution is -2.07. The number of pyridine rings is 1. The first-order valence-corrected chi connectivity index (χ1v) is 17.9. The molecule has 0 bridgehead atoms. The van der Waals surface area contributed by atoms with Gasteiger partial charge in [-0.25, -0.2) is 4.98 Å². The maximum Gasteiger partial charge on any atom is 0.162 e. The van der Waals surface area contributed by atoms with E-state index in [1.807, 2.05) is 48.7 Å². The molecule has 0 atom stereocenters. The van der Waals surface area contributed by atoms with E-state index in [1.165, 1.54) is 0 Å². The van der Waals surface area contributed by atoms with Gasteiger partial charge in [0.15, 0.2) is 5.82 Å². The summed E-state index contributed by atoms with van der Waals surface area (Å²) in [6.45, 7) is 0. The Labute approximate surface area is 306 Å². The normalized spacial score (nSPS) is 12.1. The SMILES string of the molecule is N#Cc1cccc(-c2ccnc(-n3c4ccccc4c4c5oc6ccccc6c5ccc43)c2-n2c3ccccc3c3c4oc5ccccc5c4ccc32)c1. The number of aromatic nitrogens is 3. The smallest absolute Gasteiger partial charge is 0.162 e. The highest BCUT2D eigenvalue weighted by Gasteiger charge is 2.26. The van der Waals surface area contributed by atoms with Crippen LogP contribution in [-0.4, -0.2) is 14.1 Å². The fourth-order valence-electron chi connectivity index (χ4n) is 8.76. The van der Waals surface area contributed by atoms with Crippen molar-refractivity contribution in [2.24, 2.45) is 0 Å². The summed E-state index contributed by atoms with van der Waals surface area (Å²) in [5.74, 6) is 0.754. The Kier molecular flexibility index (Phi) is 5.75. The molecule has 0 fully saturated rings. The van der Waals surface area contributed by atoms with Gasteiger partial charge in [-0.2, -0.15) is 5.26 Å². The molecule has 0 amide bonds. The molecule has 0 saturated carbocycles. The van der Waals surface area contributed by atoms with Gasteiger partial charge >= 0.3 is 0 Å². The first kappa shape index (κ1) is 29.0. The van der Waals surface area contributed by atoms with Crippen molar-refractivity contribution in [2.45, 2.75) is 0 Å². The summed E-state index contributed by atoms with van der Waals surface area (Å²) >= 11 is 0. The molecule has 0 radical (unpaired) electrons. The second kappa shape index (κ2) is 10.7. The van der Waals surface area contributed by atoms with Crippen LogP contribution in [0.15, 0.2) is 167 Å². The average Bonchev–Trinajstić information content (AvgIpc) is 3.98. The highest BCUT2D eigenvalue weighted by atomic mass is 16.3. The molecule has 12 rings (SSSR count). The zero-order valence-electron chi connectivity index (χ0n) is 28.6. The molecule has 0 spiro atoms. The number of hydrogen-bond acceptors (Lipinski definition) is 4. The van der Waals surface area contributed by atoms with Gasteiger partial charge in [-0.15, -0.1) is 0 Å². The van der Waals surface area contributed by atoms with Gasteiger partial charge in [-0.3, -0.25) is 4.57 Å². The van der Waals surface area contributed by atoms with Crippen LogP contribution in [0.3, 0.4) is 0 Å². The zero-order chi connectivity index (χ0) is 35.5. The number of nitrogens with zero attached hydrogens (tertiary/aromatic N) is 4. The van der Waals surface area contributed by atoms with Crippen LogP contribution in [0.4, 0.5) is 0 Å². The summed E-state index contributed by atoms with van der Waals surface area (Å²) in [7, 11) is 0. The van der Waals surface area contributed by atoms with Crippen molar-refractivity contribution in [1.29, 1.82) is 5.26 Å². The van der Waals surface area contributed by atoms with Gasteiger partial charge in [0.05, 0.1) is 50.2 Å². The highest BCUT2D eigenvalue weighted by Crippen LogP contribution is 2.46. The van der Waals surface area contributed by atoms with Crippen LogP contribution < -0.4 is 0 Å². The number of fused-ring (bicyclic) bond motifs is 14. The summed E-state index contributed by atoms with van der Waals surface area (Å²) in [5.41, 5.74) is 10.8. The van der Waals surface area contributed by atoms with Crippen LogP contribution in [0, 0.1) is 11.3 Å². The zero-order valence-corrected chi connectivity index (χ0v) is 28.6. The first-order chi connectivity index (χ1) is 26.8. The number of benzene rings is 7. The topological polar surface area (TPSA) is 72.8 Å². The van der Waals surface area contributed by atoms with E-state index < -0.39 is 0 Å². The second-order valence-electron chi connectivity index (χ2n) is 13.8. The molecule has 0 aliphatic carbocycles. The van der Waals surface area contributed by atoms with Gasteiger partial charge in [0.1, 0.15) is 22.3 Å². The van der Waals surface area contributed by atoms with Crippen LogP contribution in [0.25, 0.3) is 110 Å². The van der Waals surface area contributed by atoms with Crippen molar-refractivity contribution < 1.29 is 8.83 Å². The summed E-state index contributed by atoms with van der Waals surface area (Å²) in [4.78, 5) is 5.26. The number of nitriles is 1. The molecule has 250 valence electrons. The van der Waals surface area contributed by atoms with Crippen LogP contribution in [0.1, 0.15) is 5.56 Å². The van der Waals surface area contributed by atoms with Gasteiger partial charge in [0, 0.05) is 44.1 Å². The van der Waals surface area contributed by atoms with Crippen molar-refractivity contribution in [1.82, 2.24) is 14.1 Å². The molecule has 7 aromatic carbocycles. The van der Waals surface area contributed by atoms with Crippen LogP contribution in [-0.2, 0) is 0 Å². The molecule has 0 unspecified atom stereocenters.